The highest BCUT2D eigenvalue weighted by molar-refractivity contribution is 5.46. The number of hydrogen-bond donors (Lipinski definition) is 1. The number of nitrogen functional groups attached to an aromatic ring is 1. The molecule has 5 heteroatoms. The number of nitrogens with zero attached hydrogens (tertiary/aromatic N) is 3. The van der Waals surface area contributed by atoms with Gasteiger partial charge >= 0.3 is 0 Å². The summed E-state index contributed by atoms with van der Waals surface area (Å²) >= 11 is 0. The molecule has 0 saturated heterocycles. The molecule has 1 aromatic carbocycles. The molecule has 0 amide bonds. The number of hydrogen-bond acceptors (Lipinski definition) is 5. The Morgan fingerprint density at radius 3 is 2.85 bits per heavy atom. The molecular formula is C15H16N4O. The molecule has 0 spiro atoms. The third-order valence-corrected chi connectivity index (χ3v) is 2.93. The molecule has 102 valence electrons. The first-order valence-corrected chi connectivity index (χ1v) is 6.46. The van der Waals surface area contributed by atoms with Gasteiger partial charge in [0, 0.05) is 6.42 Å². The second-order valence-corrected chi connectivity index (χ2v) is 4.26. The van der Waals surface area contributed by atoms with Gasteiger partial charge in [-0.25, -0.2) is 9.97 Å². The maximum atomic E-state index is 8.76. The molecule has 20 heavy (non-hydrogen) atoms. The fraction of sp³-hybridized carbons (Fsp3) is 0.267. The normalized spacial score (nSPS) is 10.0. The van der Waals surface area contributed by atoms with Crippen LogP contribution in [0.1, 0.15) is 23.9 Å². The van der Waals surface area contributed by atoms with Crippen LogP contribution in [-0.2, 0) is 12.8 Å². The Kier molecular flexibility index (Phi) is 4.51. The summed E-state index contributed by atoms with van der Waals surface area (Å²) in [6, 6.07) is 9.88. The summed E-state index contributed by atoms with van der Waals surface area (Å²) in [6.45, 7) is 2.56. The minimum atomic E-state index is 0.214. The number of rotatable bonds is 5. The van der Waals surface area contributed by atoms with Crippen molar-refractivity contribution in [3.05, 3.63) is 47.4 Å². The standard InChI is InChI=1S/C15H16N4O/c1-2-11-5-3-4-6-13(11)20-8-7-14-18-10-12(9-16)15(17)19-14/h3-6,10H,2,7-8H2,1H3,(H2,17,18,19). The highest BCUT2D eigenvalue weighted by Gasteiger charge is 2.05. The van der Waals surface area contributed by atoms with Crippen LogP contribution in [0.2, 0.25) is 0 Å². The molecule has 0 aliphatic rings. The molecule has 5 nitrogen and oxygen atoms in total. The summed E-state index contributed by atoms with van der Waals surface area (Å²) in [4.78, 5) is 8.17. The van der Waals surface area contributed by atoms with Crippen LogP contribution in [0.5, 0.6) is 5.75 Å². The molecular weight excluding hydrogens is 252 g/mol. The molecule has 0 bridgehead atoms. The summed E-state index contributed by atoms with van der Waals surface area (Å²) in [5.41, 5.74) is 7.12. The minimum absolute atomic E-state index is 0.214. The molecule has 1 aromatic heterocycles. The summed E-state index contributed by atoms with van der Waals surface area (Å²) < 4.78 is 5.74. The average Bonchev–Trinajstić information content (AvgIpc) is 2.48. The molecule has 2 rings (SSSR count). The van der Waals surface area contributed by atoms with Crippen LogP contribution in [0.25, 0.3) is 0 Å². The van der Waals surface area contributed by atoms with E-state index in [0.717, 1.165) is 12.2 Å². The molecule has 1 heterocycles. The number of anilines is 1. The zero-order valence-electron chi connectivity index (χ0n) is 11.3. The first-order valence-electron chi connectivity index (χ1n) is 6.46. The van der Waals surface area contributed by atoms with Gasteiger partial charge in [0.15, 0.2) is 0 Å². The van der Waals surface area contributed by atoms with Gasteiger partial charge in [-0.3, -0.25) is 0 Å². The van der Waals surface area contributed by atoms with Gasteiger partial charge in [-0.1, -0.05) is 25.1 Å². The van der Waals surface area contributed by atoms with Crippen molar-refractivity contribution in [3.63, 3.8) is 0 Å². The van der Waals surface area contributed by atoms with Gasteiger partial charge < -0.3 is 10.5 Å². The average molecular weight is 268 g/mol. The maximum absolute atomic E-state index is 8.76. The fourth-order valence-corrected chi connectivity index (χ4v) is 1.83. The molecule has 0 saturated carbocycles. The quantitative estimate of drug-likeness (QED) is 0.897. The Labute approximate surface area is 118 Å². The number of benzene rings is 1. The zero-order valence-corrected chi connectivity index (χ0v) is 11.3. The molecule has 0 unspecified atom stereocenters. The third-order valence-electron chi connectivity index (χ3n) is 2.93. The van der Waals surface area contributed by atoms with Gasteiger partial charge in [0.2, 0.25) is 0 Å². The van der Waals surface area contributed by atoms with Gasteiger partial charge in [0.25, 0.3) is 0 Å². The topological polar surface area (TPSA) is 84.8 Å². The van der Waals surface area contributed by atoms with E-state index in [1.165, 1.54) is 11.8 Å². The molecule has 0 radical (unpaired) electrons. The number of para-hydroxylation sites is 1. The lowest BCUT2D eigenvalue weighted by Crippen LogP contribution is -2.08. The van der Waals surface area contributed by atoms with Crippen molar-refractivity contribution in [2.24, 2.45) is 0 Å². The van der Waals surface area contributed by atoms with Crippen LogP contribution in [0.3, 0.4) is 0 Å². The van der Waals surface area contributed by atoms with Crippen LogP contribution >= 0.6 is 0 Å². The predicted molar refractivity (Wildman–Crippen MR) is 76.2 cm³/mol. The van der Waals surface area contributed by atoms with Gasteiger partial charge in [-0.2, -0.15) is 5.26 Å². The van der Waals surface area contributed by atoms with E-state index in [0.29, 0.717) is 24.4 Å². The predicted octanol–water partition coefficient (Wildman–Crippen LogP) is 2.11. The fourth-order valence-electron chi connectivity index (χ4n) is 1.83. The lowest BCUT2D eigenvalue weighted by atomic mass is 10.1. The SMILES string of the molecule is CCc1ccccc1OCCc1ncc(C#N)c(N)n1. The van der Waals surface area contributed by atoms with E-state index in [2.05, 4.69) is 16.9 Å². The Hall–Kier alpha value is -2.61. The van der Waals surface area contributed by atoms with Gasteiger partial charge in [-0.15, -0.1) is 0 Å². The molecule has 2 aromatic rings. The maximum Gasteiger partial charge on any atom is 0.145 e. The van der Waals surface area contributed by atoms with Crippen LogP contribution in [0.4, 0.5) is 5.82 Å². The van der Waals surface area contributed by atoms with Crippen molar-refractivity contribution in [2.75, 3.05) is 12.3 Å². The second-order valence-electron chi connectivity index (χ2n) is 4.26. The van der Waals surface area contributed by atoms with Crippen molar-refractivity contribution in [2.45, 2.75) is 19.8 Å². The molecule has 0 atom stereocenters. The lowest BCUT2D eigenvalue weighted by molar-refractivity contribution is 0.316. The van der Waals surface area contributed by atoms with Crippen molar-refractivity contribution >= 4 is 5.82 Å². The number of aromatic nitrogens is 2. The summed E-state index contributed by atoms with van der Waals surface area (Å²) in [6.07, 6.45) is 2.92. The lowest BCUT2D eigenvalue weighted by Gasteiger charge is -2.09. The number of ether oxygens (including phenoxy) is 1. The number of nitriles is 1. The third kappa shape index (κ3) is 3.23. The van der Waals surface area contributed by atoms with Crippen LogP contribution < -0.4 is 10.5 Å². The van der Waals surface area contributed by atoms with Gasteiger partial charge in [0.1, 0.15) is 29.0 Å². The van der Waals surface area contributed by atoms with Gasteiger partial charge in [-0.05, 0) is 18.1 Å². The van der Waals surface area contributed by atoms with E-state index in [-0.39, 0.29) is 5.82 Å². The van der Waals surface area contributed by atoms with Crippen molar-refractivity contribution < 1.29 is 4.74 Å². The Morgan fingerprint density at radius 2 is 2.15 bits per heavy atom. The van der Waals surface area contributed by atoms with Crippen LogP contribution in [-0.4, -0.2) is 16.6 Å². The zero-order chi connectivity index (χ0) is 14.4. The monoisotopic (exact) mass is 268 g/mol. The van der Waals surface area contributed by atoms with Crippen molar-refractivity contribution in [1.29, 1.82) is 5.26 Å². The largest absolute Gasteiger partial charge is 0.493 e. The highest BCUT2D eigenvalue weighted by atomic mass is 16.5. The van der Waals surface area contributed by atoms with E-state index < -0.39 is 0 Å². The summed E-state index contributed by atoms with van der Waals surface area (Å²) in [5, 5.41) is 8.76. The summed E-state index contributed by atoms with van der Waals surface area (Å²) in [7, 11) is 0. The first kappa shape index (κ1) is 13.8. The van der Waals surface area contributed by atoms with Crippen molar-refractivity contribution in [1.82, 2.24) is 9.97 Å². The van der Waals surface area contributed by atoms with Crippen LogP contribution in [0.15, 0.2) is 30.5 Å². The second kappa shape index (κ2) is 6.53. The molecule has 2 N–H and O–H groups in total. The Morgan fingerprint density at radius 1 is 1.35 bits per heavy atom. The van der Waals surface area contributed by atoms with E-state index in [1.54, 1.807) is 0 Å². The molecule has 0 aliphatic carbocycles. The Balaban J connectivity index is 1.96. The molecule has 0 fully saturated rings. The van der Waals surface area contributed by atoms with Gasteiger partial charge in [0.05, 0.1) is 12.8 Å². The van der Waals surface area contributed by atoms with E-state index in [9.17, 15) is 0 Å². The highest BCUT2D eigenvalue weighted by Crippen LogP contribution is 2.18. The Bertz CT molecular complexity index is 634. The first-order chi connectivity index (χ1) is 9.74. The number of aryl methyl sites for hydroxylation is 1. The molecule has 0 aliphatic heterocycles. The van der Waals surface area contributed by atoms with Crippen molar-refractivity contribution in [3.8, 4) is 11.8 Å². The smallest absolute Gasteiger partial charge is 0.145 e. The number of nitrogens with two attached hydrogens (primary N) is 1. The van der Waals surface area contributed by atoms with Crippen LogP contribution in [0, 0.1) is 11.3 Å². The van der Waals surface area contributed by atoms with E-state index in [1.807, 2.05) is 30.3 Å². The van der Waals surface area contributed by atoms with E-state index >= 15 is 0 Å². The summed E-state index contributed by atoms with van der Waals surface area (Å²) in [5.74, 6) is 1.68. The minimum Gasteiger partial charge on any atom is -0.493 e. The van der Waals surface area contributed by atoms with E-state index in [4.69, 9.17) is 15.7 Å².